The van der Waals surface area contributed by atoms with Crippen LogP contribution in [0.15, 0.2) is 4.47 Å². The van der Waals surface area contributed by atoms with E-state index in [2.05, 4.69) is 32.9 Å². The monoisotopic (exact) mass is 362 g/mol. The van der Waals surface area contributed by atoms with E-state index in [9.17, 15) is 0 Å². The molecular formula is C13H23BrN4OS. The van der Waals surface area contributed by atoms with E-state index in [4.69, 9.17) is 22.7 Å². The van der Waals surface area contributed by atoms with Crippen molar-refractivity contribution in [2.75, 3.05) is 26.8 Å². The molecule has 0 aliphatic heterocycles. The third-order valence-electron chi connectivity index (χ3n) is 3.11. The number of halogens is 1. The average molecular weight is 363 g/mol. The quantitative estimate of drug-likeness (QED) is 0.681. The van der Waals surface area contributed by atoms with Crippen LogP contribution >= 0.6 is 28.1 Å². The molecule has 0 aliphatic carbocycles. The molecule has 114 valence electrons. The van der Waals surface area contributed by atoms with Gasteiger partial charge in [0.2, 0.25) is 0 Å². The van der Waals surface area contributed by atoms with Crippen molar-refractivity contribution in [2.24, 2.45) is 5.73 Å². The first-order valence-electron chi connectivity index (χ1n) is 6.71. The molecule has 1 heterocycles. The van der Waals surface area contributed by atoms with Gasteiger partial charge in [0, 0.05) is 39.7 Å². The molecule has 20 heavy (non-hydrogen) atoms. The number of aromatic nitrogens is 2. The molecule has 0 aromatic carbocycles. The molecular weight excluding hydrogens is 340 g/mol. The zero-order valence-electron chi connectivity index (χ0n) is 12.4. The van der Waals surface area contributed by atoms with Crippen LogP contribution in [-0.2, 0) is 17.8 Å². The highest BCUT2D eigenvalue weighted by atomic mass is 79.9. The van der Waals surface area contributed by atoms with E-state index in [0.29, 0.717) is 11.6 Å². The molecule has 0 bridgehead atoms. The lowest BCUT2D eigenvalue weighted by Crippen LogP contribution is -2.31. The second-order valence-corrected chi connectivity index (χ2v) is 5.96. The van der Waals surface area contributed by atoms with Gasteiger partial charge in [-0.2, -0.15) is 5.10 Å². The second-order valence-electron chi connectivity index (χ2n) is 4.65. The molecule has 1 aromatic heterocycles. The highest BCUT2D eigenvalue weighted by Gasteiger charge is 2.15. The average Bonchev–Trinajstić information content (AvgIpc) is 2.68. The number of ether oxygens (including phenoxy) is 1. The molecule has 0 amide bonds. The summed E-state index contributed by atoms with van der Waals surface area (Å²) in [5, 5.41) is 4.52. The summed E-state index contributed by atoms with van der Waals surface area (Å²) in [6.45, 7) is 8.13. The fraction of sp³-hybridized carbons (Fsp3) is 0.692. The fourth-order valence-corrected chi connectivity index (χ4v) is 2.49. The highest BCUT2D eigenvalue weighted by Crippen LogP contribution is 2.22. The minimum absolute atomic E-state index is 0.548. The maximum absolute atomic E-state index is 5.60. The first-order valence-corrected chi connectivity index (χ1v) is 7.91. The highest BCUT2D eigenvalue weighted by molar-refractivity contribution is 9.10. The number of methoxy groups -OCH3 is 1. The summed E-state index contributed by atoms with van der Waals surface area (Å²) in [7, 11) is 1.71. The Labute approximate surface area is 134 Å². The Hall–Kier alpha value is -0.500. The summed E-state index contributed by atoms with van der Waals surface area (Å²) < 4.78 is 8.28. The maximum Gasteiger partial charge on any atom is 0.0740 e. The lowest BCUT2D eigenvalue weighted by Gasteiger charge is -2.22. The van der Waals surface area contributed by atoms with Crippen LogP contribution in [0.2, 0.25) is 0 Å². The smallest absolute Gasteiger partial charge is 0.0740 e. The van der Waals surface area contributed by atoms with Gasteiger partial charge >= 0.3 is 0 Å². The van der Waals surface area contributed by atoms with Crippen molar-refractivity contribution in [2.45, 2.75) is 33.4 Å². The molecule has 0 aliphatic rings. The predicted octanol–water partition coefficient (Wildman–Crippen LogP) is 2.10. The van der Waals surface area contributed by atoms with E-state index in [-0.39, 0.29) is 0 Å². The van der Waals surface area contributed by atoms with Crippen molar-refractivity contribution in [3.8, 4) is 0 Å². The third-order valence-corrected chi connectivity index (χ3v) is 4.35. The van der Waals surface area contributed by atoms with Crippen molar-refractivity contribution in [1.82, 2.24) is 14.7 Å². The van der Waals surface area contributed by atoms with Crippen LogP contribution in [0.3, 0.4) is 0 Å². The summed E-state index contributed by atoms with van der Waals surface area (Å²) in [6, 6.07) is 0. The van der Waals surface area contributed by atoms with Gasteiger partial charge in [-0.25, -0.2) is 0 Å². The van der Waals surface area contributed by atoms with Crippen molar-refractivity contribution in [3.63, 3.8) is 0 Å². The number of nitrogens with two attached hydrogens (primary N) is 1. The molecule has 5 nitrogen and oxygen atoms in total. The number of aryl methyl sites for hydroxylation is 2. The van der Waals surface area contributed by atoms with Gasteiger partial charge in [0.05, 0.1) is 27.5 Å². The Kier molecular flexibility index (Phi) is 7.65. The largest absolute Gasteiger partial charge is 0.393 e. The minimum atomic E-state index is 0.548. The Morgan fingerprint density at radius 3 is 2.75 bits per heavy atom. The van der Waals surface area contributed by atoms with Gasteiger partial charge in [-0.3, -0.25) is 9.58 Å². The molecule has 0 saturated heterocycles. The lowest BCUT2D eigenvalue weighted by molar-refractivity contribution is 0.144. The number of nitrogens with zero attached hydrogens (tertiary/aromatic N) is 3. The van der Waals surface area contributed by atoms with Crippen LogP contribution in [0.5, 0.6) is 0 Å². The van der Waals surface area contributed by atoms with Crippen molar-refractivity contribution in [3.05, 3.63) is 15.9 Å². The van der Waals surface area contributed by atoms with Crippen molar-refractivity contribution >= 4 is 33.1 Å². The topological polar surface area (TPSA) is 56.3 Å². The fourth-order valence-electron chi connectivity index (χ4n) is 1.99. The number of rotatable bonds is 9. The zero-order chi connectivity index (χ0) is 15.1. The Morgan fingerprint density at radius 1 is 1.50 bits per heavy atom. The van der Waals surface area contributed by atoms with Crippen LogP contribution in [0.4, 0.5) is 0 Å². The Balaban J connectivity index is 2.79. The van der Waals surface area contributed by atoms with Crippen molar-refractivity contribution in [1.29, 1.82) is 0 Å². The van der Waals surface area contributed by atoms with E-state index < -0.39 is 0 Å². The molecule has 1 aromatic rings. The molecule has 0 spiro atoms. The lowest BCUT2D eigenvalue weighted by atomic mass is 10.3. The molecule has 0 saturated carbocycles. The summed E-state index contributed by atoms with van der Waals surface area (Å²) in [5.74, 6) is 0. The van der Waals surface area contributed by atoms with Gasteiger partial charge < -0.3 is 10.5 Å². The zero-order valence-corrected chi connectivity index (χ0v) is 14.8. The minimum Gasteiger partial charge on any atom is -0.393 e. The Morgan fingerprint density at radius 2 is 2.20 bits per heavy atom. The summed E-state index contributed by atoms with van der Waals surface area (Å²) >= 11 is 8.59. The summed E-state index contributed by atoms with van der Waals surface area (Å²) in [4.78, 5) is 2.84. The summed E-state index contributed by atoms with van der Waals surface area (Å²) in [5.41, 5.74) is 7.80. The van der Waals surface area contributed by atoms with E-state index in [1.165, 1.54) is 5.69 Å². The van der Waals surface area contributed by atoms with E-state index in [1.54, 1.807) is 7.11 Å². The summed E-state index contributed by atoms with van der Waals surface area (Å²) in [6.07, 6.45) is 0.718. The van der Waals surface area contributed by atoms with Crippen LogP contribution in [0.1, 0.15) is 24.7 Å². The normalized spacial score (nSPS) is 11.2. The van der Waals surface area contributed by atoms with Crippen LogP contribution < -0.4 is 5.73 Å². The standard InChI is InChI=1S/C13H23BrN4OS/c1-4-18-11(13(14)10(2)16-18)9-17(7-8-19-3)6-5-12(15)20/h4-9H2,1-3H3,(H2,15,20). The maximum atomic E-state index is 5.60. The predicted molar refractivity (Wildman–Crippen MR) is 88.9 cm³/mol. The Bertz CT molecular complexity index is 450. The van der Waals surface area contributed by atoms with Gasteiger partial charge in [-0.15, -0.1) is 0 Å². The number of hydrogen-bond acceptors (Lipinski definition) is 4. The van der Waals surface area contributed by atoms with Crippen LogP contribution in [-0.4, -0.2) is 46.5 Å². The third kappa shape index (κ3) is 5.12. The van der Waals surface area contributed by atoms with Crippen LogP contribution in [0.25, 0.3) is 0 Å². The van der Waals surface area contributed by atoms with Gasteiger partial charge in [-0.05, 0) is 29.8 Å². The molecule has 0 fully saturated rings. The first kappa shape index (κ1) is 17.6. The van der Waals surface area contributed by atoms with Crippen LogP contribution in [0, 0.1) is 6.92 Å². The van der Waals surface area contributed by atoms with Gasteiger partial charge in [0.25, 0.3) is 0 Å². The van der Waals surface area contributed by atoms with Crippen molar-refractivity contribution < 1.29 is 4.74 Å². The molecule has 0 radical (unpaired) electrons. The van der Waals surface area contributed by atoms with Gasteiger partial charge in [-0.1, -0.05) is 12.2 Å². The second kappa shape index (κ2) is 8.71. The van der Waals surface area contributed by atoms with Gasteiger partial charge in [0.15, 0.2) is 0 Å². The van der Waals surface area contributed by atoms with E-state index >= 15 is 0 Å². The van der Waals surface area contributed by atoms with E-state index in [1.807, 2.05) is 11.6 Å². The SMILES string of the molecule is CCn1nc(C)c(Br)c1CN(CCOC)CCC(N)=S. The first-order chi connectivity index (χ1) is 9.49. The number of hydrogen-bond donors (Lipinski definition) is 1. The molecule has 7 heteroatoms. The molecule has 2 N–H and O–H groups in total. The molecule has 0 atom stereocenters. The van der Waals surface area contributed by atoms with E-state index in [0.717, 1.165) is 42.8 Å². The van der Waals surface area contributed by atoms with Gasteiger partial charge in [0.1, 0.15) is 0 Å². The number of thiocarbonyl (C=S) groups is 1. The molecule has 0 unspecified atom stereocenters. The molecule has 1 rings (SSSR count).